The zero-order chi connectivity index (χ0) is 22.1. The summed E-state index contributed by atoms with van der Waals surface area (Å²) in [6, 6.07) is 14.7. The topological polar surface area (TPSA) is 49.4 Å². The first-order chi connectivity index (χ1) is 14.3. The number of hydrogen-bond donors (Lipinski definition) is 1. The molecule has 4 nitrogen and oxygen atoms in total. The summed E-state index contributed by atoms with van der Waals surface area (Å²) in [6.45, 7) is 6.15. The first kappa shape index (κ1) is 24.6. The lowest BCUT2D eigenvalue weighted by Crippen LogP contribution is -2.50. The summed E-state index contributed by atoms with van der Waals surface area (Å²) in [5.41, 5.74) is 1.99. The molecule has 0 aliphatic heterocycles. The van der Waals surface area contributed by atoms with Gasteiger partial charge in [0, 0.05) is 18.3 Å². The molecule has 30 heavy (non-hydrogen) atoms. The van der Waals surface area contributed by atoms with Gasteiger partial charge >= 0.3 is 0 Å². The Morgan fingerprint density at radius 2 is 1.73 bits per heavy atom. The maximum atomic E-state index is 13.0. The molecule has 0 saturated carbocycles. The highest BCUT2D eigenvalue weighted by molar-refractivity contribution is 7.99. The van der Waals surface area contributed by atoms with E-state index in [4.69, 9.17) is 23.2 Å². The number of carbonyl (C=O) groups excluding carboxylic acids is 2. The van der Waals surface area contributed by atoms with E-state index in [9.17, 15) is 9.59 Å². The number of halogens is 2. The number of benzene rings is 2. The summed E-state index contributed by atoms with van der Waals surface area (Å²) in [5.74, 6) is 0.697. The number of rotatable bonds is 10. The Bertz CT molecular complexity index is 848. The molecule has 2 aromatic carbocycles. The van der Waals surface area contributed by atoms with Gasteiger partial charge in [-0.2, -0.15) is 0 Å². The third-order valence-electron chi connectivity index (χ3n) is 4.84. The van der Waals surface area contributed by atoms with Crippen LogP contribution >= 0.6 is 35.0 Å². The highest BCUT2D eigenvalue weighted by atomic mass is 35.5. The Balaban J connectivity index is 2.05. The van der Waals surface area contributed by atoms with Crippen LogP contribution < -0.4 is 5.32 Å². The van der Waals surface area contributed by atoms with Crippen LogP contribution in [0.2, 0.25) is 10.0 Å². The van der Waals surface area contributed by atoms with Gasteiger partial charge in [0.25, 0.3) is 0 Å². The van der Waals surface area contributed by atoms with E-state index in [1.807, 2.05) is 56.3 Å². The van der Waals surface area contributed by atoms with Gasteiger partial charge in [-0.15, -0.1) is 11.8 Å². The summed E-state index contributed by atoms with van der Waals surface area (Å²) >= 11 is 13.5. The monoisotopic (exact) mass is 466 g/mol. The van der Waals surface area contributed by atoms with Gasteiger partial charge in [-0.1, -0.05) is 66.5 Å². The third kappa shape index (κ3) is 7.53. The summed E-state index contributed by atoms with van der Waals surface area (Å²) in [5, 5.41) is 3.99. The second-order valence-electron chi connectivity index (χ2n) is 7.24. The summed E-state index contributed by atoms with van der Waals surface area (Å²) in [6.07, 6.45) is 0.838. The average Bonchev–Trinajstić information content (AvgIpc) is 2.74. The van der Waals surface area contributed by atoms with Crippen molar-refractivity contribution in [3.63, 3.8) is 0 Å². The molecule has 0 radical (unpaired) electrons. The minimum atomic E-state index is -0.558. The fourth-order valence-electron chi connectivity index (χ4n) is 2.80. The fraction of sp³-hybridized carbons (Fsp3) is 0.391. The molecule has 0 fully saturated rings. The first-order valence-corrected chi connectivity index (χ1v) is 11.9. The Labute approximate surface area is 193 Å². The van der Waals surface area contributed by atoms with Crippen molar-refractivity contribution in [1.82, 2.24) is 10.2 Å². The molecule has 0 heterocycles. The Morgan fingerprint density at radius 1 is 1.03 bits per heavy atom. The van der Waals surface area contributed by atoms with E-state index < -0.39 is 6.04 Å². The number of nitrogens with one attached hydrogen (secondary N) is 1. The van der Waals surface area contributed by atoms with Crippen LogP contribution in [0.15, 0.2) is 48.5 Å². The summed E-state index contributed by atoms with van der Waals surface area (Å²) in [4.78, 5) is 27.4. The zero-order valence-electron chi connectivity index (χ0n) is 17.5. The van der Waals surface area contributed by atoms with E-state index in [-0.39, 0.29) is 23.6 Å². The Hall–Kier alpha value is -1.69. The van der Waals surface area contributed by atoms with Crippen LogP contribution in [-0.4, -0.2) is 34.6 Å². The van der Waals surface area contributed by atoms with Crippen molar-refractivity contribution in [2.75, 3.05) is 5.75 Å². The van der Waals surface area contributed by atoms with E-state index in [1.54, 1.807) is 17.9 Å². The maximum absolute atomic E-state index is 13.0. The predicted octanol–water partition coefficient (Wildman–Crippen LogP) is 5.56. The number of carbonyl (C=O) groups is 2. The molecule has 0 bridgehead atoms. The maximum Gasteiger partial charge on any atom is 0.242 e. The van der Waals surface area contributed by atoms with E-state index in [0.29, 0.717) is 22.3 Å². The van der Waals surface area contributed by atoms with Crippen molar-refractivity contribution >= 4 is 46.8 Å². The molecule has 2 unspecified atom stereocenters. The predicted molar refractivity (Wildman–Crippen MR) is 127 cm³/mol. The van der Waals surface area contributed by atoms with Gasteiger partial charge in [0.1, 0.15) is 6.04 Å². The van der Waals surface area contributed by atoms with Crippen LogP contribution in [0.4, 0.5) is 0 Å². The molecule has 0 aromatic heterocycles. The molecule has 0 spiro atoms. The van der Waals surface area contributed by atoms with Gasteiger partial charge < -0.3 is 10.2 Å². The summed E-state index contributed by atoms with van der Waals surface area (Å²) < 4.78 is 0. The average molecular weight is 467 g/mol. The molecular formula is C23H28Cl2N2O2S. The molecule has 0 saturated heterocycles. The third-order valence-corrected chi connectivity index (χ3v) is 6.57. The van der Waals surface area contributed by atoms with Crippen LogP contribution in [0.3, 0.4) is 0 Å². The van der Waals surface area contributed by atoms with Gasteiger partial charge in [0.15, 0.2) is 0 Å². The Morgan fingerprint density at radius 3 is 2.37 bits per heavy atom. The largest absolute Gasteiger partial charge is 0.352 e. The highest BCUT2D eigenvalue weighted by Gasteiger charge is 2.26. The number of hydrogen-bond acceptors (Lipinski definition) is 3. The lowest BCUT2D eigenvalue weighted by molar-refractivity contribution is -0.138. The second kappa shape index (κ2) is 12.2. The van der Waals surface area contributed by atoms with Crippen molar-refractivity contribution < 1.29 is 9.59 Å². The SMILES string of the molecule is CCC(C)NC(=O)C(C)N(Cc1ccccc1)C(=O)CSCc1ccc(Cl)c(Cl)c1. The van der Waals surface area contributed by atoms with Crippen LogP contribution in [0.25, 0.3) is 0 Å². The minimum absolute atomic E-state index is 0.0673. The van der Waals surface area contributed by atoms with E-state index in [0.717, 1.165) is 17.5 Å². The smallest absolute Gasteiger partial charge is 0.242 e. The van der Waals surface area contributed by atoms with Gasteiger partial charge in [0.05, 0.1) is 15.8 Å². The van der Waals surface area contributed by atoms with Crippen molar-refractivity contribution in [2.45, 2.75) is 51.6 Å². The Kier molecular flexibility index (Phi) is 10.0. The number of amides is 2. The number of nitrogens with zero attached hydrogens (tertiary/aromatic N) is 1. The van der Waals surface area contributed by atoms with Gasteiger partial charge in [-0.3, -0.25) is 9.59 Å². The molecule has 2 aromatic rings. The zero-order valence-corrected chi connectivity index (χ0v) is 19.9. The minimum Gasteiger partial charge on any atom is -0.352 e. The molecule has 2 rings (SSSR count). The lowest BCUT2D eigenvalue weighted by Gasteiger charge is -2.29. The second-order valence-corrected chi connectivity index (χ2v) is 9.04. The van der Waals surface area contributed by atoms with Gasteiger partial charge in [-0.05, 0) is 43.5 Å². The highest BCUT2D eigenvalue weighted by Crippen LogP contribution is 2.25. The van der Waals surface area contributed by atoms with Crippen LogP contribution in [0.1, 0.15) is 38.3 Å². The van der Waals surface area contributed by atoms with Crippen LogP contribution in [0, 0.1) is 0 Å². The molecular weight excluding hydrogens is 439 g/mol. The van der Waals surface area contributed by atoms with Crippen LogP contribution in [-0.2, 0) is 21.9 Å². The van der Waals surface area contributed by atoms with Crippen molar-refractivity contribution in [2.24, 2.45) is 0 Å². The molecule has 0 aliphatic carbocycles. The van der Waals surface area contributed by atoms with Crippen molar-refractivity contribution in [1.29, 1.82) is 0 Å². The molecule has 2 atom stereocenters. The molecule has 1 N–H and O–H groups in total. The van der Waals surface area contributed by atoms with Crippen LogP contribution in [0.5, 0.6) is 0 Å². The van der Waals surface area contributed by atoms with E-state index in [2.05, 4.69) is 5.32 Å². The fourth-order valence-corrected chi connectivity index (χ4v) is 3.98. The van der Waals surface area contributed by atoms with Crippen molar-refractivity contribution in [3.05, 3.63) is 69.7 Å². The summed E-state index contributed by atoms with van der Waals surface area (Å²) in [7, 11) is 0. The lowest BCUT2D eigenvalue weighted by atomic mass is 10.1. The standard InChI is InChI=1S/C23H28Cl2N2O2S/c1-4-16(2)26-23(29)17(3)27(13-18-8-6-5-7-9-18)22(28)15-30-14-19-10-11-20(24)21(25)12-19/h5-12,16-17H,4,13-15H2,1-3H3,(H,26,29). The molecule has 7 heteroatoms. The van der Waals surface area contributed by atoms with Crippen molar-refractivity contribution in [3.8, 4) is 0 Å². The van der Waals surface area contributed by atoms with E-state index >= 15 is 0 Å². The van der Waals surface area contributed by atoms with Gasteiger partial charge in [-0.25, -0.2) is 0 Å². The first-order valence-electron chi connectivity index (χ1n) is 9.97. The van der Waals surface area contributed by atoms with Gasteiger partial charge in [0.2, 0.25) is 11.8 Å². The molecule has 0 aliphatic rings. The normalized spacial score (nSPS) is 12.8. The van der Waals surface area contributed by atoms with E-state index in [1.165, 1.54) is 11.8 Å². The molecule has 2 amide bonds. The molecule has 162 valence electrons. The quantitative estimate of drug-likeness (QED) is 0.498. The number of thioether (sulfide) groups is 1.